The molecule has 0 saturated carbocycles. The van der Waals surface area contributed by atoms with Crippen LogP contribution in [0.2, 0.25) is 0 Å². The number of hydrogen-bond acceptors (Lipinski definition) is 6. The molecule has 7 nitrogen and oxygen atoms in total. The van der Waals surface area contributed by atoms with Crippen LogP contribution in [0, 0.1) is 19.8 Å². The number of methoxy groups -OCH3 is 1. The molecule has 144 valence electrons. The molecule has 0 radical (unpaired) electrons. The predicted molar refractivity (Wildman–Crippen MR) is 95.8 cm³/mol. The van der Waals surface area contributed by atoms with Gasteiger partial charge in [0.15, 0.2) is 13.2 Å². The van der Waals surface area contributed by atoms with E-state index in [4.69, 9.17) is 9.47 Å². The normalized spacial score (nSPS) is 11.6. The maximum Gasteiger partial charge on any atom is 0.344 e. The minimum atomic E-state index is -0.766. The molecule has 26 heavy (non-hydrogen) atoms. The van der Waals surface area contributed by atoms with Crippen molar-refractivity contribution in [2.45, 2.75) is 40.2 Å². The average Bonchev–Trinajstić information content (AvgIpc) is 2.59. The smallest absolute Gasteiger partial charge is 0.344 e. The van der Waals surface area contributed by atoms with Gasteiger partial charge in [-0.05, 0) is 49.4 Å². The lowest BCUT2D eigenvalue weighted by Gasteiger charge is -2.18. The van der Waals surface area contributed by atoms with E-state index in [0.29, 0.717) is 12.2 Å². The van der Waals surface area contributed by atoms with E-state index in [-0.39, 0.29) is 12.5 Å². The third-order valence-electron chi connectivity index (χ3n) is 3.73. The van der Waals surface area contributed by atoms with Crippen LogP contribution in [0.1, 0.15) is 31.4 Å². The molecule has 0 aliphatic heterocycles. The summed E-state index contributed by atoms with van der Waals surface area (Å²) in [5.41, 5.74) is 2.17. The minimum Gasteiger partial charge on any atom is -0.482 e. The zero-order valence-corrected chi connectivity index (χ0v) is 16.0. The van der Waals surface area contributed by atoms with Crippen molar-refractivity contribution < 1.29 is 28.6 Å². The van der Waals surface area contributed by atoms with Crippen LogP contribution in [0.5, 0.6) is 5.75 Å². The molecule has 1 amide bonds. The Morgan fingerprint density at radius 1 is 1.08 bits per heavy atom. The molecule has 0 fully saturated rings. The van der Waals surface area contributed by atoms with E-state index in [2.05, 4.69) is 10.1 Å². The van der Waals surface area contributed by atoms with Crippen LogP contribution in [-0.4, -0.2) is 44.2 Å². The number of aryl methyl sites for hydroxylation is 2. The first kappa shape index (κ1) is 21.5. The van der Waals surface area contributed by atoms with Crippen molar-refractivity contribution in [2.75, 3.05) is 20.3 Å². The van der Waals surface area contributed by atoms with Gasteiger partial charge >= 0.3 is 11.9 Å². The highest BCUT2D eigenvalue weighted by Gasteiger charge is 2.23. The van der Waals surface area contributed by atoms with Gasteiger partial charge in [0.2, 0.25) is 0 Å². The van der Waals surface area contributed by atoms with Gasteiger partial charge in [0.25, 0.3) is 5.91 Å². The predicted octanol–water partition coefficient (Wildman–Crippen LogP) is 1.93. The van der Waals surface area contributed by atoms with Crippen LogP contribution in [0.25, 0.3) is 0 Å². The second-order valence-electron chi connectivity index (χ2n) is 6.47. The van der Waals surface area contributed by atoms with Crippen molar-refractivity contribution in [3.63, 3.8) is 0 Å². The Morgan fingerprint density at radius 3 is 2.35 bits per heavy atom. The second-order valence-corrected chi connectivity index (χ2v) is 6.47. The molecule has 7 heteroatoms. The van der Waals surface area contributed by atoms with E-state index >= 15 is 0 Å². The Hall–Kier alpha value is -2.57. The Kier molecular flexibility index (Phi) is 8.61. The standard InChI is InChI=1S/C19H27NO6/c1-12(2)8-16(19(23)24-5)20-17(21)10-26-18(22)11-25-15-7-6-13(3)14(4)9-15/h6-7,9,12,16H,8,10-11H2,1-5H3,(H,20,21)/t16-/m1/s1. The monoisotopic (exact) mass is 365 g/mol. The molecule has 0 saturated heterocycles. The zero-order valence-electron chi connectivity index (χ0n) is 16.0. The maximum absolute atomic E-state index is 11.9. The highest BCUT2D eigenvalue weighted by molar-refractivity contribution is 5.86. The number of hydrogen-bond donors (Lipinski definition) is 1. The lowest BCUT2D eigenvalue weighted by Crippen LogP contribution is -2.44. The molecule has 0 heterocycles. The summed E-state index contributed by atoms with van der Waals surface area (Å²) in [5.74, 6) is -1.03. The fourth-order valence-corrected chi connectivity index (χ4v) is 2.20. The Balaban J connectivity index is 2.41. The van der Waals surface area contributed by atoms with Gasteiger partial charge in [-0.1, -0.05) is 19.9 Å². The molecule has 0 unspecified atom stereocenters. The number of carbonyl (C=O) groups is 3. The van der Waals surface area contributed by atoms with Crippen LogP contribution in [0.3, 0.4) is 0 Å². The van der Waals surface area contributed by atoms with Crippen molar-refractivity contribution in [3.05, 3.63) is 29.3 Å². The lowest BCUT2D eigenvalue weighted by molar-refractivity contribution is -0.151. The van der Waals surface area contributed by atoms with Gasteiger partial charge < -0.3 is 19.5 Å². The first-order chi connectivity index (χ1) is 12.2. The number of rotatable bonds is 9. The molecule has 1 aromatic rings. The largest absolute Gasteiger partial charge is 0.482 e. The van der Waals surface area contributed by atoms with Gasteiger partial charge in [0.1, 0.15) is 11.8 Å². The first-order valence-corrected chi connectivity index (χ1v) is 8.45. The summed E-state index contributed by atoms with van der Waals surface area (Å²) in [5, 5.41) is 2.51. The number of esters is 2. The second kappa shape index (κ2) is 10.4. The number of ether oxygens (including phenoxy) is 3. The lowest BCUT2D eigenvalue weighted by atomic mass is 10.0. The highest BCUT2D eigenvalue weighted by atomic mass is 16.6. The summed E-state index contributed by atoms with van der Waals surface area (Å²) in [6.07, 6.45) is 0.433. The van der Waals surface area contributed by atoms with Gasteiger partial charge in [0.05, 0.1) is 7.11 Å². The Bertz CT molecular complexity index is 641. The van der Waals surface area contributed by atoms with E-state index < -0.39 is 30.5 Å². The van der Waals surface area contributed by atoms with E-state index in [9.17, 15) is 14.4 Å². The quantitative estimate of drug-likeness (QED) is 0.673. The molecule has 1 aromatic carbocycles. The fourth-order valence-electron chi connectivity index (χ4n) is 2.20. The molecule has 0 bridgehead atoms. The molecule has 0 spiro atoms. The summed E-state index contributed by atoms with van der Waals surface area (Å²) in [6, 6.07) is 4.71. The van der Waals surface area contributed by atoms with E-state index in [1.807, 2.05) is 39.8 Å². The molecular weight excluding hydrogens is 338 g/mol. The summed E-state index contributed by atoms with van der Waals surface area (Å²) in [4.78, 5) is 35.3. The minimum absolute atomic E-state index is 0.188. The van der Waals surface area contributed by atoms with Gasteiger partial charge in [0, 0.05) is 0 Å². The Morgan fingerprint density at radius 2 is 1.77 bits per heavy atom. The fraction of sp³-hybridized carbons (Fsp3) is 0.526. The van der Waals surface area contributed by atoms with Crippen LogP contribution in [-0.2, 0) is 23.9 Å². The van der Waals surface area contributed by atoms with Crippen LogP contribution < -0.4 is 10.1 Å². The molecular formula is C19H27NO6. The molecule has 1 atom stereocenters. The third kappa shape index (κ3) is 7.55. The summed E-state index contributed by atoms with van der Waals surface area (Å²) >= 11 is 0. The third-order valence-corrected chi connectivity index (χ3v) is 3.73. The van der Waals surface area contributed by atoms with Crippen LogP contribution >= 0.6 is 0 Å². The highest BCUT2D eigenvalue weighted by Crippen LogP contribution is 2.16. The van der Waals surface area contributed by atoms with E-state index in [1.54, 1.807) is 6.07 Å². The topological polar surface area (TPSA) is 90.9 Å². The summed E-state index contributed by atoms with van der Waals surface area (Å²) in [7, 11) is 1.26. The Labute approximate surface area is 154 Å². The van der Waals surface area contributed by atoms with Crippen molar-refractivity contribution in [1.29, 1.82) is 0 Å². The molecule has 0 aliphatic rings. The van der Waals surface area contributed by atoms with E-state index in [1.165, 1.54) is 7.11 Å². The van der Waals surface area contributed by atoms with Crippen molar-refractivity contribution >= 4 is 17.8 Å². The summed E-state index contributed by atoms with van der Waals surface area (Å²) < 4.78 is 14.9. The SMILES string of the molecule is COC(=O)[C@@H](CC(C)C)NC(=O)COC(=O)COc1ccc(C)c(C)c1. The van der Waals surface area contributed by atoms with Crippen LogP contribution in [0.15, 0.2) is 18.2 Å². The van der Waals surface area contributed by atoms with Gasteiger partial charge in [-0.2, -0.15) is 0 Å². The number of nitrogens with one attached hydrogen (secondary N) is 1. The molecule has 0 aromatic heterocycles. The van der Waals surface area contributed by atoms with Gasteiger partial charge in [-0.3, -0.25) is 4.79 Å². The molecule has 0 aliphatic carbocycles. The van der Waals surface area contributed by atoms with Crippen LogP contribution in [0.4, 0.5) is 0 Å². The molecule has 1 N–H and O–H groups in total. The number of benzene rings is 1. The van der Waals surface area contributed by atoms with Gasteiger partial charge in [-0.15, -0.1) is 0 Å². The summed E-state index contributed by atoms with van der Waals surface area (Å²) in [6.45, 7) is 6.98. The maximum atomic E-state index is 11.9. The van der Waals surface area contributed by atoms with E-state index in [0.717, 1.165) is 11.1 Å². The molecule has 1 rings (SSSR count). The van der Waals surface area contributed by atoms with Gasteiger partial charge in [-0.25, -0.2) is 9.59 Å². The number of carbonyl (C=O) groups excluding carboxylic acids is 3. The zero-order chi connectivity index (χ0) is 19.7. The average molecular weight is 365 g/mol. The van der Waals surface area contributed by atoms with Crippen molar-refractivity contribution in [1.82, 2.24) is 5.32 Å². The number of amides is 1. The van der Waals surface area contributed by atoms with Crippen molar-refractivity contribution in [2.24, 2.45) is 5.92 Å². The van der Waals surface area contributed by atoms with Crippen molar-refractivity contribution in [3.8, 4) is 5.75 Å². The first-order valence-electron chi connectivity index (χ1n) is 8.45.